The zero-order valence-corrected chi connectivity index (χ0v) is 13.4. The van der Waals surface area contributed by atoms with Gasteiger partial charge in [0.1, 0.15) is 24.3 Å². The number of carbonyl (C=O) groups excluding carboxylic acids is 2. The lowest BCUT2D eigenvalue weighted by molar-refractivity contribution is -0.409. The number of benzene rings is 1. The fourth-order valence-corrected chi connectivity index (χ4v) is 2.79. The number of hydrogen-bond acceptors (Lipinski definition) is 4. The number of halogens is 1. The van der Waals surface area contributed by atoms with Gasteiger partial charge in [-0.05, 0) is 24.6 Å². The smallest absolute Gasteiger partial charge is 0.445 e. The van der Waals surface area contributed by atoms with Crippen molar-refractivity contribution in [1.29, 1.82) is 0 Å². The summed E-state index contributed by atoms with van der Waals surface area (Å²) in [7, 11) is 1.56. The van der Waals surface area contributed by atoms with Crippen molar-refractivity contribution in [2.75, 3.05) is 13.7 Å². The highest BCUT2D eigenvalue weighted by Gasteiger charge is 2.49. The van der Waals surface area contributed by atoms with Crippen LogP contribution < -0.4 is 0 Å². The van der Waals surface area contributed by atoms with Crippen LogP contribution in [0.2, 0.25) is 0 Å². The van der Waals surface area contributed by atoms with Crippen molar-refractivity contribution in [3.63, 3.8) is 0 Å². The minimum atomic E-state index is -0.758. The van der Waals surface area contributed by atoms with Gasteiger partial charge >= 0.3 is 11.9 Å². The lowest BCUT2D eigenvalue weighted by Crippen LogP contribution is -2.54. The lowest BCUT2D eigenvalue weighted by Gasteiger charge is -2.28. The number of carbonyl (C=O) groups is 2. The highest BCUT2D eigenvalue weighted by Crippen LogP contribution is 2.26. The second-order valence-corrected chi connectivity index (χ2v) is 5.47. The zero-order chi connectivity index (χ0) is 17.3. The van der Waals surface area contributed by atoms with Crippen molar-refractivity contribution in [3.05, 3.63) is 47.5 Å². The molecule has 0 saturated heterocycles. The lowest BCUT2D eigenvalue weighted by atomic mass is 9.99. The summed E-state index contributed by atoms with van der Waals surface area (Å²) in [6.45, 7) is 2.21. The topological polar surface area (TPSA) is 62.0 Å². The van der Waals surface area contributed by atoms with E-state index in [4.69, 9.17) is 4.74 Å². The number of ether oxygens (including phenoxy) is 1. The van der Waals surface area contributed by atoms with Gasteiger partial charge in [-0.3, -0.25) is 4.79 Å². The molecule has 24 heavy (non-hydrogen) atoms. The molecule has 0 spiro atoms. The van der Waals surface area contributed by atoms with Gasteiger partial charge in [-0.15, -0.1) is 4.99 Å². The number of amidine groups is 1. The number of allylic oxidation sites excluding steroid dienone is 1. The monoisotopic (exact) mass is 330 g/mol. The van der Waals surface area contributed by atoms with E-state index in [2.05, 4.69) is 4.99 Å². The summed E-state index contributed by atoms with van der Waals surface area (Å²) in [4.78, 5) is 30.6. The third-order valence-electron chi connectivity index (χ3n) is 3.90. The van der Waals surface area contributed by atoms with Gasteiger partial charge in [0.05, 0.1) is 13.7 Å². The van der Waals surface area contributed by atoms with E-state index in [1.807, 2.05) is 6.92 Å². The Labute approximate surface area is 138 Å². The largest absolute Gasteiger partial charge is 0.497 e. The van der Waals surface area contributed by atoms with Crippen molar-refractivity contribution in [2.45, 2.75) is 13.5 Å². The standard InChI is InChI=1S/C17H17FN3O3/c1-3-24-13-7-8-19-15-14(13)16(22)21(17(23)20(15)2)10-11-5-4-6-12(18)9-11/h4-9,14H,3,10H2,1-2H3/q+1. The molecule has 0 saturated carbocycles. The fourth-order valence-electron chi connectivity index (χ4n) is 2.79. The van der Waals surface area contributed by atoms with Crippen LogP contribution in [0.4, 0.5) is 9.18 Å². The molecule has 0 fully saturated rings. The molecule has 1 aromatic rings. The Kier molecular flexibility index (Phi) is 4.24. The minimum absolute atomic E-state index is 0.00728. The molecule has 2 heterocycles. The second kappa shape index (κ2) is 6.35. The third kappa shape index (κ3) is 2.73. The van der Waals surface area contributed by atoms with Gasteiger partial charge in [0.25, 0.3) is 5.84 Å². The van der Waals surface area contributed by atoms with E-state index >= 15 is 0 Å². The molecule has 1 aromatic carbocycles. The van der Waals surface area contributed by atoms with Crippen LogP contribution >= 0.6 is 0 Å². The molecule has 6 nitrogen and oxygen atoms in total. The van der Waals surface area contributed by atoms with Gasteiger partial charge in [0, 0.05) is 6.08 Å². The molecule has 2 aliphatic heterocycles. The first-order chi connectivity index (χ1) is 11.5. The minimum Gasteiger partial charge on any atom is -0.497 e. The van der Waals surface area contributed by atoms with Crippen molar-refractivity contribution in [3.8, 4) is 0 Å². The van der Waals surface area contributed by atoms with Gasteiger partial charge in [-0.1, -0.05) is 12.1 Å². The van der Waals surface area contributed by atoms with Gasteiger partial charge < -0.3 is 4.74 Å². The maximum Gasteiger partial charge on any atom is 0.445 e. The number of urea groups is 1. The Hall–Kier alpha value is -2.83. The number of aliphatic imine (C=N–C) groups is 1. The normalized spacial score (nSPS) is 20.2. The maximum atomic E-state index is 13.4. The molecule has 0 aromatic heterocycles. The first kappa shape index (κ1) is 16.0. The van der Waals surface area contributed by atoms with Crippen LogP contribution in [0.1, 0.15) is 12.5 Å². The van der Waals surface area contributed by atoms with E-state index in [0.29, 0.717) is 23.8 Å². The number of rotatable bonds is 4. The van der Waals surface area contributed by atoms with Crippen LogP contribution in [-0.2, 0) is 16.1 Å². The molecule has 0 aliphatic carbocycles. The molecule has 1 atom stereocenters. The van der Waals surface area contributed by atoms with E-state index in [9.17, 15) is 14.0 Å². The van der Waals surface area contributed by atoms with Crippen molar-refractivity contribution >= 4 is 24.0 Å². The van der Waals surface area contributed by atoms with Crippen LogP contribution in [0.5, 0.6) is 0 Å². The van der Waals surface area contributed by atoms with E-state index in [-0.39, 0.29) is 6.54 Å². The van der Waals surface area contributed by atoms with E-state index in [1.165, 1.54) is 22.9 Å². The molecule has 0 radical (unpaired) electrons. The predicted molar refractivity (Wildman–Crippen MR) is 85.2 cm³/mol. The summed E-state index contributed by atoms with van der Waals surface area (Å²) in [5, 5.41) is 0. The Bertz CT molecular complexity index is 798. The highest BCUT2D eigenvalue weighted by atomic mass is 19.1. The summed E-state index contributed by atoms with van der Waals surface area (Å²) in [6.07, 6.45) is 3.13. The van der Waals surface area contributed by atoms with Crippen LogP contribution in [-0.4, -0.2) is 47.1 Å². The molecule has 3 rings (SSSR count). The fraction of sp³-hybridized carbons (Fsp3) is 0.294. The summed E-state index contributed by atoms with van der Waals surface area (Å²) in [5.41, 5.74) is 0.537. The summed E-state index contributed by atoms with van der Waals surface area (Å²) in [6, 6.07) is 5.33. The summed E-state index contributed by atoms with van der Waals surface area (Å²) in [5.74, 6) is -0.801. The second-order valence-electron chi connectivity index (χ2n) is 5.47. The highest BCUT2D eigenvalue weighted by molar-refractivity contribution is 6.15. The van der Waals surface area contributed by atoms with Crippen LogP contribution in [0.25, 0.3) is 0 Å². The number of nitrogens with zero attached hydrogens (tertiary/aromatic N) is 3. The molecule has 2 aliphatic rings. The summed E-state index contributed by atoms with van der Waals surface area (Å²) < 4.78 is 20.2. The first-order valence-electron chi connectivity index (χ1n) is 7.60. The average Bonchev–Trinajstić information content (AvgIpc) is 2.57. The predicted octanol–water partition coefficient (Wildman–Crippen LogP) is 1.95. The van der Waals surface area contributed by atoms with E-state index in [1.54, 1.807) is 25.3 Å². The van der Waals surface area contributed by atoms with Crippen LogP contribution in [0.3, 0.4) is 0 Å². The zero-order valence-electron chi connectivity index (χ0n) is 13.4. The molecular formula is C17H17FN3O3+. The molecular weight excluding hydrogens is 313 g/mol. The van der Waals surface area contributed by atoms with Gasteiger partial charge in [0.2, 0.25) is 0 Å². The Morgan fingerprint density at radius 3 is 2.88 bits per heavy atom. The SMILES string of the molecule is CCOC1=CC=NC2=[N+](C)C(=O)N(Cc3cccc(F)c3)C(=O)C12. The van der Waals surface area contributed by atoms with E-state index < -0.39 is 23.7 Å². The molecule has 124 valence electrons. The summed E-state index contributed by atoms with van der Waals surface area (Å²) >= 11 is 0. The van der Waals surface area contributed by atoms with Crippen LogP contribution in [0, 0.1) is 11.7 Å². The molecule has 3 amide bonds. The van der Waals surface area contributed by atoms with Crippen molar-refractivity contribution in [2.24, 2.45) is 10.9 Å². The number of imide groups is 1. The van der Waals surface area contributed by atoms with E-state index in [0.717, 1.165) is 4.90 Å². The number of dihydropyridines is 1. The van der Waals surface area contributed by atoms with Crippen molar-refractivity contribution < 1.29 is 23.3 Å². The van der Waals surface area contributed by atoms with Crippen LogP contribution in [0.15, 0.2) is 41.1 Å². The number of amides is 3. The Balaban J connectivity index is 1.97. The molecule has 0 bridgehead atoms. The van der Waals surface area contributed by atoms with Gasteiger partial charge in [-0.2, -0.15) is 9.48 Å². The van der Waals surface area contributed by atoms with Crippen molar-refractivity contribution in [1.82, 2.24) is 4.90 Å². The van der Waals surface area contributed by atoms with Gasteiger partial charge in [-0.25, -0.2) is 9.18 Å². The number of fused-ring (bicyclic) bond motifs is 1. The molecule has 7 heteroatoms. The third-order valence-corrected chi connectivity index (χ3v) is 3.90. The Morgan fingerprint density at radius 2 is 2.17 bits per heavy atom. The maximum absolute atomic E-state index is 13.4. The molecule has 0 N–H and O–H groups in total. The van der Waals surface area contributed by atoms with Gasteiger partial charge in [0.15, 0.2) is 5.92 Å². The average molecular weight is 330 g/mol. The quantitative estimate of drug-likeness (QED) is 0.793. The first-order valence-corrected chi connectivity index (χ1v) is 7.60. The number of hydrogen-bond donors (Lipinski definition) is 0. The molecule has 1 unspecified atom stereocenters. The Morgan fingerprint density at radius 1 is 1.38 bits per heavy atom.